The Balaban J connectivity index is 1.39. The summed E-state index contributed by atoms with van der Waals surface area (Å²) in [7, 11) is 0. The molecule has 31 heavy (non-hydrogen) atoms. The van der Waals surface area contributed by atoms with Crippen molar-refractivity contribution >= 4 is 23.3 Å². The van der Waals surface area contributed by atoms with Gasteiger partial charge in [-0.25, -0.2) is 4.98 Å². The van der Waals surface area contributed by atoms with Crippen LogP contribution in [0, 0.1) is 5.92 Å². The summed E-state index contributed by atoms with van der Waals surface area (Å²) in [6.45, 7) is 0.882. The number of rotatable bonds is 5. The molecular formula is C24H21N3O4. The van der Waals surface area contributed by atoms with Crippen LogP contribution in [-0.2, 0) is 16.1 Å². The SMILES string of the molecule is O=C1C[C@@H](C(=O)N(Cc2ccccc2)c2ccccn2)CN1c1ccc2c(c1)OCO2. The van der Waals surface area contributed by atoms with Crippen LogP contribution < -0.4 is 19.3 Å². The zero-order valence-electron chi connectivity index (χ0n) is 16.8. The van der Waals surface area contributed by atoms with E-state index < -0.39 is 5.92 Å². The van der Waals surface area contributed by atoms with Crippen molar-refractivity contribution in [2.45, 2.75) is 13.0 Å². The third-order valence-corrected chi connectivity index (χ3v) is 5.52. The highest BCUT2D eigenvalue weighted by Crippen LogP contribution is 2.37. The molecule has 7 heteroatoms. The fourth-order valence-electron chi connectivity index (χ4n) is 3.95. The van der Waals surface area contributed by atoms with Gasteiger partial charge in [-0.1, -0.05) is 36.4 Å². The van der Waals surface area contributed by atoms with Crippen LogP contribution in [0.15, 0.2) is 72.9 Å². The number of ether oxygens (including phenoxy) is 2. The molecule has 0 N–H and O–H groups in total. The van der Waals surface area contributed by atoms with Crippen molar-refractivity contribution in [2.24, 2.45) is 5.92 Å². The Morgan fingerprint density at radius 1 is 1.03 bits per heavy atom. The van der Waals surface area contributed by atoms with E-state index in [4.69, 9.17) is 9.47 Å². The summed E-state index contributed by atoms with van der Waals surface area (Å²) in [6.07, 6.45) is 1.82. The number of hydrogen-bond acceptors (Lipinski definition) is 5. The number of anilines is 2. The molecule has 0 saturated carbocycles. The van der Waals surface area contributed by atoms with Crippen molar-refractivity contribution in [3.8, 4) is 11.5 Å². The minimum absolute atomic E-state index is 0.0853. The molecule has 0 unspecified atom stereocenters. The van der Waals surface area contributed by atoms with E-state index in [-0.39, 0.29) is 25.0 Å². The van der Waals surface area contributed by atoms with Crippen molar-refractivity contribution in [1.29, 1.82) is 0 Å². The molecule has 1 saturated heterocycles. The van der Waals surface area contributed by atoms with E-state index in [1.165, 1.54) is 0 Å². The maximum atomic E-state index is 13.5. The zero-order valence-corrected chi connectivity index (χ0v) is 16.8. The van der Waals surface area contributed by atoms with Crippen LogP contribution in [0.25, 0.3) is 0 Å². The number of carbonyl (C=O) groups is 2. The van der Waals surface area contributed by atoms with E-state index in [1.807, 2.05) is 54.6 Å². The molecule has 3 aromatic rings. The van der Waals surface area contributed by atoms with Crippen LogP contribution in [0.2, 0.25) is 0 Å². The van der Waals surface area contributed by atoms with E-state index in [0.717, 1.165) is 5.56 Å². The van der Waals surface area contributed by atoms with Gasteiger partial charge in [0.15, 0.2) is 11.5 Å². The summed E-state index contributed by atoms with van der Waals surface area (Å²) in [6, 6.07) is 20.6. The van der Waals surface area contributed by atoms with Crippen molar-refractivity contribution in [3.63, 3.8) is 0 Å². The molecule has 0 spiro atoms. The Morgan fingerprint density at radius 3 is 2.65 bits per heavy atom. The number of carbonyl (C=O) groups excluding carboxylic acids is 2. The van der Waals surface area contributed by atoms with Gasteiger partial charge in [0.1, 0.15) is 5.82 Å². The molecule has 156 valence electrons. The third-order valence-electron chi connectivity index (χ3n) is 5.52. The molecule has 1 aromatic heterocycles. The molecule has 2 aliphatic rings. The highest BCUT2D eigenvalue weighted by Gasteiger charge is 2.38. The number of aromatic nitrogens is 1. The van der Waals surface area contributed by atoms with Crippen LogP contribution in [-0.4, -0.2) is 30.1 Å². The first kappa shape index (κ1) is 19.1. The lowest BCUT2D eigenvalue weighted by Gasteiger charge is -2.25. The van der Waals surface area contributed by atoms with Gasteiger partial charge in [-0.3, -0.25) is 14.5 Å². The number of hydrogen-bond donors (Lipinski definition) is 0. The zero-order chi connectivity index (χ0) is 21.2. The highest BCUT2D eigenvalue weighted by molar-refractivity contribution is 6.04. The Labute approximate surface area is 179 Å². The maximum Gasteiger partial charge on any atom is 0.233 e. The lowest BCUT2D eigenvalue weighted by Crippen LogP contribution is -2.37. The number of amides is 2. The molecule has 1 fully saturated rings. The molecule has 0 bridgehead atoms. The second-order valence-electron chi connectivity index (χ2n) is 7.54. The fraction of sp³-hybridized carbons (Fsp3) is 0.208. The van der Waals surface area contributed by atoms with Crippen molar-refractivity contribution in [3.05, 3.63) is 78.5 Å². The number of fused-ring (bicyclic) bond motifs is 1. The topological polar surface area (TPSA) is 72.0 Å². The molecule has 0 radical (unpaired) electrons. The Bertz CT molecular complexity index is 1100. The lowest BCUT2D eigenvalue weighted by atomic mass is 10.1. The van der Waals surface area contributed by atoms with E-state index in [9.17, 15) is 9.59 Å². The fourth-order valence-corrected chi connectivity index (χ4v) is 3.95. The number of nitrogens with zero attached hydrogens (tertiary/aromatic N) is 3. The molecule has 3 heterocycles. The number of benzene rings is 2. The van der Waals surface area contributed by atoms with Gasteiger partial charge in [-0.15, -0.1) is 0 Å². The molecular weight excluding hydrogens is 394 g/mol. The lowest BCUT2D eigenvalue weighted by molar-refractivity contribution is -0.124. The minimum Gasteiger partial charge on any atom is -0.454 e. The predicted molar refractivity (Wildman–Crippen MR) is 115 cm³/mol. The van der Waals surface area contributed by atoms with E-state index in [1.54, 1.807) is 28.1 Å². The summed E-state index contributed by atoms with van der Waals surface area (Å²) in [5, 5.41) is 0. The van der Waals surface area contributed by atoms with Crippen molar-refractivity contribution in [1.82, 2.24) is 4.98 Å². The average molecular weight is 415 g/mol. The molecule has 2 amide bonds. The smallest absolute Gasteiger partial charge is 0.233 e. The van der Waals surface area contributed by atoms with Gasteiger partial charge in [0.2, 0.25) is 18.6 Å². The van der Waals surface area contributed by atoms with Crippen LogP contribution in [0.5, 0.6) is 11.5 Å². The Morgan fingerprint density at radius 2 is 1.84 bits per heavy atom. The Hall–Kier alpha value is -3.87. The van der Waals surface area contributed by atoms with Gasteiger partial charge in [-0.2, -0.15) is 0 Å². The average Bonchev–Trinajstić information content (AvgIpc) is 3.44. The molecule has 2 aliphatic heterocycles. The largest absolute Gasteiger partial charge is 0.454 e. The van der Waals surface area contributed by atoms with E-state index in [0.29, 0.717) is 36.1 Å². The van der Waals surface area contributed by atoms with Gasteiger partial charge in [0.25, 0.3) is 0 Å². The summed E-state index contributed by atoms with van der Waals surface area (Å²) in [5.74, 6) is 1.19. The summed E-state index contributed by atoms with van der Waals surface area (Å²) < 4.78 is 10.8. The first-order valence-corrected chi connectivity index (χ1v) is 10.2. The second kappa shape index (κ2) is 8.10. The minimum atomic E-state index is -0.455. The van der Waals surface area contributed by atoms with Crippen LogP contribution in [0.1, 0.15) is 12.0 Å². The second-order valence-corrected chi connectivity index (χ2v) is 7.54. The quantitative estimate of drug-likeness (QED) is 0.639. The molecule has 2 aromatic carbocycles. The monoisotopic (exact) mass is 415 g/mol. The first-order chi connectivity index (χ1) is 15.2. The standard InChI is InChI=1S/C24H21N3O4/c28-23-12-18(15-26(23)19-9-10-20-21(13-19)31-16-30-20)24(29)27(22-8-4-5-11-25-22)14-17-6-2-1-3-7-17/h1-11,13,18H,12,14-16H2/t18-/m1/s1. The van der Waals surface area contributed by atoms with E-state index >= 15 is 0 Å². The molecule has 7 nitrogen and oxygen atoms in total. The Kier molecular flexibility index (Phi) is 5.00. The number of pyridine rings is 1. The van der Waals surface area contributed by atoms with Crippen molar-refractivity contribution in [2.75, 3.05) is 23.1 Å². The third kappa shape index (κ3) is 3.82. The van der Waals surface area contributed by atoms with E-state index in [2.05, 4.69) is 4.98 Å². The summed E-state index contributed by atoms with van der Waals surface area (Å²) >= 11 is 0. The summed E-state index contributed by atoms with van der Waals surface area (Å²) in [5.41, 5.74) is 1.70. The normalized spacial score (nSPS) is 17.1. The molecule has 1 atom stereocenters. The van der Waals surface area contributed by atoms with Gasteiger partial charge < -0.3 is 14.4 Å². The van der Waals surface area contributed by atoms with Crippen molar-refractivity contribution < 1.29 is 19.1 Å². The highest BCUT2D eigenvalue weighted by atomic mass is 16.7. The summed E-state index contributed by atoms with van der Waals surface area (Å²) in [4.78, 5) is 34.0. The van der Waals surface area contributed by atoms with Gasteiger partial charge in [0.05, 0.1) is 12.5 Å². The molecule has 0 aliphatic carbocycles. The van der Waals surface area contributed by atoms with Crippen LogP contribution in [0.3, 0.4) is 0 Å². The van der Waals surface area contributed by atoms with Crippen LogP contribution in [0.4, 0.5) is 11.5 Å². The van der Waals surface area contributed by atoms with Crippen LogP contribution >= 0.6 is 0 Å². The first-order valence-electron chi connectivity index (χ1n) is 10.2. The maximum absolute atomic E-state index is 13.5. The van der Waals surface area contributed by atoms with Gasteiger partial charge in [0, 0.05) is 30.9 Å². The molecule has 5 rings (SSSR count). The predicted octanol–water partition coefficient (Wildman–Crippen LogP) is 3.40. The van der Waals surface area contributed by atoms with Gasteiger partial charge >= 0.3 is 0 Å². The van der Waals surface area contributed by atoms with Gasteiger partial charge in [-0.05, 0) is 29.8 Å².